The van der Waals surface area contributed by atoms with Crippen LogP contribution in [0, 0.1) is 0 Å². The molecule has 3 N–H and O–H groups in total. The van der Waals surface area contributed by atoms with E-state index in [1.807, 2.05) is 0 Å². The minimum Gasteiger partial charge on any atom is -0.397 e. The van der Waals surface area contributed by atoms with E-state index in [1.54, 1.807) is 0 Å². The summed E-state index contributed by atoms with van der Waals surface area (Å²) in [7, 11) is 0. The zero-order valence-electron chi connectivity index (χ0n) is 7.89. The molecule has 1 aromatic carbocycles. The molecule has 0 aliphatic heterocycles. The van der Waals surface area contributed by atoms with Crippen molar-refractivity contribution < 1.29 is 4.79 Å². The molecule has 1 amide bonds. The first-order valence-corrected chi connectivity index (χ1v) is 5.39. The molecule has 0 aromatic heterocycles. The topological polar surface area (TPSA) is 55.1 Å². The summed E-state index contributed by atoms with van der Waals surface area (Å²) in [5, 5.41) is 3.55. The zero-order valence-corrected chi connectivity index (χ0v) is 9.40. The summed E-state index contributed by atoms with van der Waals surface area (Å²) in [6, 6.07) is 3.34. The molecular formula is C10H10Cl2N2O. The van der Waals surface area contributed by atoms with Gasteiger partial charge < -0.3 is 11.1 Å². The normalized spacial score (nSPS) is 15.1. The van der Waals surface area contributed by atoms with Crippen LogP contribution in [0.5, 0.6) is 0 Å². The highest BCUT2D eigenvalue weighted by Crippen LogP contribution is 2.28. The molecular weight excluding hydrogens is 235 g/mol. The van der Waals surface area contributed by atoms with Crippen LogP contribution in [0.25, 0.3) is 0 Å². The van der Waals surface area contributed by atoms with Gasteiger partial charge in [0.15, 0.2) is 0 Å². The number of rotatable bonds is 2. The number of nitrogens with one attached hydrogen (secondary N) is 1. The Hall–Kier alpha value is -0.930. The number of benzene rings is 1. The molecule has 0 atom stereocenters. The van der Waals surface area contributed by atoms with Gasteiger partial charge in [-0.25, -0.2) is 0 Å². The van der Waals surface area contributed by atoms with Gasteiger partial charge in [-0.15, -0.1) is 0 Å². The van der Waals surface area contributed by atoms with Crippen LogP contribution in [0.1, 0.15) is 23.2 Å². The maximum Gasteiger partial charge on any atom is 0.253 e. The van der Waals surface area contributed by atoms with Gasteiger partial charge in [-0.1, -0.05) is 23.2 Å². The zero-order chi connectivity index (χ0) is 11.0. The van der Waals surface area contributed by atoms with Crippen molar-refractivity contribution in [2.75, 3.05) is 5.73 Å². The first kappa shape index (κ1) is 10.6. The van der Waals surface area contributed by atoms with Gasteiger partial charge in [-0.3, -0.25) is 4.79 Å². The second-order valence-corrected chi connectivity index (χ2v) is 4.44. The van der Waals surface area contributed by atoms with Crippen molar-refractivity contribution in [1.82, 2.24) is 5.32 Å². The Morgan fingerprint density at radius 2 is 2.07 bits per heavy atom. The lowest BCUT2D eigenvalue weighted by molar-refractivity contribution is 0.0952. The summed E-state index contributed by atoms with van der Waals surface area (Å²) in [6.07, 6.45) is 2.06. The Balaban J connectivity index is 2.28. The van der Waals surface area contributed by atoms with Gasteiger partial charge in [0.2, 0.25) is 0 Å². The van der Waals surface area contributed by atoms with Crippen LogP contribution in [-0.4, -0.2) is 11.9 Å². The van der Waals surface area contributed by atoms with Gasteiger partial charge in [-0.05, 0) is 25.0 Å². The molecule has 0 unspecified atom stereocenters. The van der Waals surface area contributed by atoms with Crippen molar-refractivity contribution >= 4 is 34.8 Å². The number of hydrogen-bond acceptors (Lipinski definition) is 2. The lowest BCUT2D eigenvalue weighted by atomic mass is 10.1. The highest BCUT2D eigenvalue weighted by atomic mass is 35.5. The second kappa shape index (κ2) is 3.91. The lowest BCUT2D eigenvalue weighted by Crippen LogP contribution is -2.26. The van der Waals surface area contributed by atoms with Gasteiger partial charge in [0.25, 0.3) is 5.91 Å². The number of halogens is 2. The molecule has 5 heteroatoms. The SMILES string of the molecule is Nc1c(Cl)cc(Cl)cc1C(=O)NC1CC1. The maximum absolute atomic E-state index is 11.7. The third kappa shape index (κ3) is 2.36. The van der Waals surface area contributed by atoms with Crippen molar-refractivity contribution in [3.63, 3.8) is 0 Å². The number of nitrogens with two attached hydrogens (primary N) is 1. The van der Waals surface area contributed by atoms with Crippen molar-refractivity contribution in [2.45, 2.75) is 18.9 Å². The fraction of sp³-hybridized carbons (Fsp3) is 0.300. The van der Waals surface area contributed by atoms with Crippen LogP contribution in [-0.2, 0) is 0 Å². The summed E-state index contributed by atoms with van der Waals surface area (Å²) < 4.78 is 0. The number of carbonyl (C=O) groups is 1. The molecule has 0 saturated heterocycles. The lowest BCUT2D eigenvalue weighted by Gasteiger charge is -2.08. The monoisotopic (exact) mass is 244 g/mol. The average molecular weight is 245 g/mol. The predicted molar refractivity (Wildman–Crippen MR) is 61.4 cm³/mol. The molecule has 0 bridgehead atoms. The van der Waals surface area contributed by atoms with E-state index in [1.165, 1.54) is 12.1 Å². The van der Waals surface area contributed by atoms with Gasteiger partial charge >= 0.3 is 0 Å². The minimum atomic E-state index is -0.209. The summed E-state index contributed by atoms with van der Waals surface area (Å²) in [5.41, 5.74) is 6.32. The van der Waals surface area contributed by atoms with Crippen molar-refractivity contribution in [3.05, 3.63) is 27.7 Å². The molecule has 0 heterocycles. The molecule has 1 fully saturated rings. The molecule has 1 aromatic rings. The first-order chi connectivity index (χ1) is 7.08. The van der Waals surface area contributed by atoms with Crippen molar-refractivity contribution in [3.8, 4) is 0 Å². The van der Waals surface area contributed by atoms with Crippen LogP contribution < -0.4 is 11.1 Å². The predicted octanol–water partition coefficient (Wildman–Crippen LogP) is 2.47. The van der Waals surface area contributed by atoms with E-state index in [0.717, 1.165) is 12.8 Å². The van der Waals surface area contributed by atoms with Crippen molar-refractivity contribution in [1.29, 1.82) is 0 Å². The van der Waals surface area contributed by atoms with Gasteiger partial charge in [0.1, 0.15) is 0 Å². The summed E-state index contributed by atoms with van der Waals surface area (Å²) in [6.45, 7) is 0. The maximum atomic E-state index is 11.7. The van der Waals surface area contributed by atoms with E-state index >= 15 is 0 Å². The average Bonchev–Trinajstić information content (AvgIpc) is 2.94. The molecule has 1 aliphatic carbocycles. The van der Waals surface area contributed by atoms with Crippen LogP contribution >= 0.6 is 23.2 Å². The van der Waals surface area contributed by atoms with Gasteiger partial charge in [0.05, 0.1) is 16.3 Å². The molecule has 3 nitrogen and oxygen atoms in total. The second-order valence-electron chi connectivity index (χ2n) is 3.60. The van der Waals surface area contributed by atoms with Crippen molar-refractivity contribution in [2.24, 2.45) is 0 Å². The smallest absolute Gasteiger partial charge is 0.253 e. The molecule has 0 radical (unpaired) electrons. The largest absolute Gasteiger partial charge is 0.397 e. The Kier molecular flexibility index (Phi) is 2.76. The van der Waals surface area contributed by atoms with Crippen LogP contribution in [0.3, 0.4) is 0 Å². The van der Waals surface area contributed by atoms with Crippen LogP contribution in [0.2, 0.25) is 10.0 Å². The fourth-order valence-corrected chi connectivity index (χ4v) is 1.76. The molecule has 1 aliphatic rings. The summed E-state index contributed by atoms with van der Waals surface area (Å²) >= 11 is 11.6. The molecule has 1 saturated carbocycles. The highest BCUT2D eigenvalue weighted by Gasteiger charge is 2.25. The molecule has 0 spiro atoms. The summed E-state index contributed by atoms with van der Waals surface area (Å²) in [5.74, 6) is -0.209. The third-order valence-corrected chi connectivity index (χ3v) is 2.78. The molecule has 2 rings (SSSR count). The van der Waals surface area contributed by atoms with Gasteiger partial charge in [-0.2, -0.15) is 0 Å². The number of amides is 1. The highest BCUT2D eigenvalue weighted by molar-refractivity contribution is 6.37. The number of nitrogen functional groups attached to an aromatic ring is 1. The van der Waals surface area contributed by atoms with E-state index in [4.69, 9.17) is 28.9 Å². The minimum absolute atomic E-state index is 0.209. The Labute approximate surface area is 97.5 Å². The van der Waals surface area contributed by atoms with Crippen LogP contribution in [0.15, 0.2) is 12.1 Å². The fourth-order valence-electron chi connectivity index (χ4n) is 1.26. The van der Waals surface area contributed by atoms with E-state index in [2.05, 4.69) is 5.32 Å². The number of anilines is 1. The third-order valence-electron chi connectivity index (χ3n) is 2.25. The van der Waals surface area contributed by atoms with Crippen LogP contribution in [0.4, 0.5) is 5.69 Å². The van der Waals surface area contributed by atoms with E-state index in [9.17, 15) is 4.79 Å². The Morgan fingerprint density at radius 3 is 2.67 bits per heavy atom. The Morgan fingerprint density at radius 1 is 1.40 bits per heavy atom. The molecule has 15 heavy (non-hydrogen) atoms. The molecule has 80 valence electrons. The Bertz CT molecular complexity index is 416. The van der Waals surface area contributed by atoms with Gasteiger partial charge in [0, 0.05) is 11.1 Å². The first-order valence-electron chi connectivity index (χ1n) is 4.63. The number of carbonyl (C=O) groups excluding carboxylic acids is 1. The quantitative estimate of drug-likeness (QED) is 0.786. The van der Waals surface area contributed by atoms with E-state index < -0.39 is 0 Å². The van der Waals surface area contributed by atoms with E-state index in [0.29, 0.717) is 15.6 Å². The standard InChI is InChI=1S/C10H10Cl2N2O/c11-5-3-7(9(13)8(12)4-5)10(15)14-6-1-2-6/h3-4,6H,1-2,13H2,(H,14,15). The summed E-state index contributed by atoms with van der Waals surface area (Å²) in [4.78, 5) is 11.7. The number of hydrogen-bond donors (Lipinski definition) is 2. The van der Waals surface area contributed by atoms with E-state index in [-0.39, 0.29) is 17.6 Å².